The van der Waals surface area contributed by atoms with Crippen molar-refractivity contribution >= 4 is 26.0 Å². The van der Waals surface area contributed by atoms with Gasteiger partial charge in [0.05, 0.1) is 4.90 Å². The van der Waals surface area contributed by atoms with Crippen LogP contribution in [0.2, 0.25) is 0 Å². The standard InChI is InChI=1S/C13H18BrNO3S/c1-9-2-5-13(11(14)8-9)19(17,18)15-12(6-7-16)10-3-4-10/h2,5,8,10,12,15-16H,3-4,6-7H2,1H3. The van der Waals surface area contributed by atoms with Gasteiger partial charge in [0.1, 0.15) is 0 Å². The first-order valence-corrected chi connectivity index (χ1v) is 8.61. The molecule has 6 heteroatoms. The average molecular weight is 348 g/mol. The quantitative estimate of drug-likeness (QED) is 0.828. The van der Waals surface area contributed by atoms with Crippen molar-refractivity contribution in [2.45, 2.75) is 37.1 Å². The van der Waals surface area contributed by atoms with Crippen LogP contribution in [0.3, 0.4) is 0 Å². The highest BCUT2D eigenvalue weighted by Crippen LogP contribution is 2.35. The number of halogens is 1. The molecule has 4 nitrogen and oxygen atoms in total. The number of hydrogen-bond acceptors (Lipinski definition) is 3. The molecular weight excluding hydrogens is 330 g/mol. The minimum absolute atomic E-state index is 0.00124. The summed E-state index contributed by atoms with van der Waals surface area (Å²) < 4.78 is 28.0. The first-order chi connectivity index (χ1) is 8.94. The van der Waals surface area contributed by atoms with Crippen LogP contribution in [0.25, 0.3) is 0 Å². The Morgan fingerprint density at radius 3 is 2.68 bits per heavy atom. The highest BCUT2D eigenvalue weighted by atomic mass is 79.9. The van der Waals surface area contributed by atoms with Gasteiger partial charge in [-0.25, -0.2) is 13.1 Å². The third-order valence-corrected chi connectivity index (χ3v) is 5.78. The average Bonchev–Trinajstić information content (AvgIpc) is 3.11. The Balaban J connectivity index is 2.21. The Bertz CT molecular complexity index is 555. The van der Waals surface area contributed by atoms with Crippen LogP contribution in [0.5, 0.6) is 0 Å². The van der Waals surface area contributed by atoms with Crippen LogP contribution in [0.15, 0.2) is 27.6 Å². The van der Waals surface area contributed by atoms with Crippen molar-refractivity contribution in [3.8, 4) is 0 Å². The fourth-order valence-electron chi connectivity index (χ4n) is 2.12. The molecule has 0 saturated heterocycles. The van der Waals surface area contributed by atoms with E-state index in [4.69, 9.17) is 5.11 Å². The van der Waals surface area contributed by atoms with Gasteiger partial charge < -0.3 is 5.11 Å². The van der Waals surface area contributed by atoms with E-state index in [1.807, 2.05) is 6.92 Å². The van der Waals surface area contributed by atoms with Crippen molar-refractivity contribution in [3.63, 3.8) is 0 Å². The zero-order valence-corrected chi connectivity index (χ0v) is 13.2. The van der Waals surface area contributed by atoms with E-state index in [0.717, 1.165) is 18.4 Å². The Hall–Kier alpha value is -0.430. The van der Waals surface area contributed by atoms with Crippen LogP contribution in [-0.2, 0) is 10.0 Å². The minimum Gasteiger partial charge on any atom is -0.396 e. The summed E-state index contributed by atoms with van der Waals surface area (Å²) >= 11 is 3.30. The van der Waals surface area contributed by atoms with E-state index in [1.165, 1.54) is 0 Å². The highest BCUT2D eigenvalue weighted by molar-refractivity contribution is 9.10. The summed E-state index contributed by atoms with van der Waals surface area (Å²) in [5, 5.41) is 9.03. The zero-order chi connectivity index (χ0) is 14.0. The summed E-state index contributed by atoms with van der Waals surface area (Å²) in [4.78, 5) is 0.252. The summed E-state index contributed by atoms with van der Waals surface area (Å²) in [6, 6.07) is 5.00. The summed E-state index contributed by atoms with van der Waals surface area (Å²) in [7, 11) is -3.54. The maximum atomic E-state index is 12.4. The van der Waals surface area contributed by atoms with Crippen molar-refractivity contribution in [3.05, 3.63) is 28.2 Å². The van der Waals surface area contributed by atoms with E-state index in [1.54, 1.807) is 18.2 Å². The SMILES string of the molecule is Cc1ccc(S(=O)(=O)NC(CCO)C2CC2)c(Br)c1. The first kappa shape index (κ1) is 15.0. The molecular formula is C13H18BrNO3S. The lowest BCUT2D eigenvalue weighted by molar-refractivity contribution is 0.265. The van der Waals surface area contributed by atoms with Gasteiger partial charge in [0, 0.05) is 17.1 Å². The Kier molecular flexibility index (Phi) is 4.66. The van der Waals surface area contributed by atoms with Gasteiger partial charge in [-0.2, -0.15) is 0 Å². The van der Waals surface area contributed by atoms with Crippen molar-refractivity contribution < 1.29 is 13.5 Å². The topological polar surface area (TPSA) is 66.4 Å². The number of aliphatic hydroxyl groups excluding tert-OH is 1. The molecule has 0 radical (unpaired) electrons. The zero-order valence-electron chi connectivity index (χ0n) is 10.8. The molecule has 1 aliphatic rings. The highest BCUT2D eigenvalue weighted by Gasteiger charge is 2.34. The molecule has 1 unspecified atom stereocenters. The molecule has 2 N–H and O–H groups in total. The number of aliphatic hydroxyl groups is 1. The van der Waals surface area contributed by atoms with Gasteiger partial charge in [0.25, 0.3) is 0 Å². The molecule has 0 aromatic heterocycles. The van der Waals surface area contributed by atoms with E-state index in [9.17, 15) is 8.42 Å². The van der Waals surface area contributed by atoms with Gasteiger partial charge in [0.15, 0.2) is 0 Å². The monoisotopic (exact) mass is 347 g/mol. The van der Waals surface area contributed by atoms with Crippen LogP contribution < -0.4 is 4.72 Å². The molecule has 106 valence electrons. The third-order valence-electron chi connectivity index (χ3n) is 3.31. The van der Waals surface area contributed by atoms with E-state index in [0.29, 0.717) is 16.8 Å². The summed E-state index contributed by atoms with van der Waals surface area (Å²) in [6.45, 7) is 1.91. The van der Waals surface area contributed by atoms with Gasteiger partial charge in [-0.05, 0) is 65.7 Å². The maximum Gasteiger partial charge on any atom is 0.241 e. The smallest absolute Gasteiger partial charge is 0.241 e. The summed E-state index contributed by atoms with van der Waals surface area (Å²) in [5.41, 5.74) is 1.000. The van der Waals surface area contributed by atoms with Crippen molar-refractivity contribution in [1.29, 1.82) is 0 Å². The molecule has 1 saturated carbocycles. The second-order valence-corrected chi connectivity index (χ2v) is 7.55. The molecule has 1 aliphatic carbocycles. The number of rotatable bonds is 6. The minimum atomic E-state index is -3.54. The Morgan fingerprint density at radius 2 is 2.16 bits per heavy atom. The fourth-order valence-corrected chi connectivity index (χ4v) is 4.65. The third kappa shape index (κ3) is 3.78. The molecule has 0 aliphatic heterocycles. The number of sulfonamides is 1. The van der Waals surface area contributed by atoms with E-state index >= 15 is 0 Å². The molecule has 19 heavy (non-hydrogen) atoms. The van der Waals surface area contributed by atoms with Gasteiger partial charge in [-0.15, -0.1) is 0 Å². The van der Waals surface area contributed by atoms with Crippen LogP contribution in [0.4, 0.5) is 0 Å². The van der Waals surface area contributed by atoms with Crippen molar-refractivity contribution in [2.24, 2.45) is 5.92 Å². The molecule has 1 aromatic carbocycles. The Labute approximate surface area is 122 Å². The summed E-state index contributed by atoms with van der Waals surface area (Å²) in [6.07, 6.45) is 2.53. The van der Waals surface area contributed by atoms with Crippen LogP contribution in [-0.4, -0.2) is 26.2 Å². The summed E-state index contributed by atoms with van der Waals surface area (Å²) in [5.74, 6) is 0.367. The van der Waals surface area contributed by atoms with Gasteiger partial charge in [0.2, 0.25) is 10.0 Å². The van der Waals surface area contributed by atoms with Crippen LogP contribution >= 0.6 is 15.9 Å². The number of hydrogen-bond donors (Lipinski definition) is 2. The van der Waals surface area contributed by atoms with Gasteiger partial charge in [-0.1, -0.05) is 6.07 Å². The molecule has 0 bridgehead atoms. The van der Waals surface area contributed by atoms with E-state index in [-0.39, 0.29) is 17.5 Å². The lowest BCUT2D eigenvalue weighted by Gasteiger charge is -2.18. The second-order valence-electron chi connectivity index (χ2n) is 5.01. The molecule has 2 rings (SSSR count). The predicted molar refractivity (Wildman–Crippen MR) is 77.4 cm³/mol. The number of benzene rings is 1. The lowest BCUT2D eigenvalue weighted by atomic mass is 10.1. The molecule has 0 amide bonds. The van der Waals surface area contributed by atoms with E-state index < -0.39 is 10.0 Å². The lowest BCUT2D eigenvalue weighted by Crippen LogP contribution is -2.37. The van der Waals surface area contributed by atoms with Crippen molar-refractivity contribution in [1.82, 2.24) is 4.72 Å². The number of aryl methyl sites for hydroxylation is 1. The molecule has 0 spiro atoms. The maximum absolute atomic E-state index is 12.4. The molecule has 1 atom stereocenters. The fraction of sp³-hybridized carbons (Fsp3) is 0.538. The van der Waals surface area contributed by atoms with Crippen LogP contribution in [0, 0.1) is 12.8 Å². The number of nitrogens with one attached hydrogen (secondary N) is 1. The van der Waals surface area contributed by atoms with Gasteiger partial charge in [-0.3, -0.25) is 0 Å². The normalized spacial score (nSPS) is 17.4. The molecule has 0 heterocycles. The van der Waals surface area contributed by atoms with Gasteiger partial charge >= 0.3 is 0 Å². The van der Waals surface area contributed by atoms with Crippen LogP contribution in [0.1, 0.15) is 24.8 Å². The van der Waals surface area contributed by atoms with E-state index in [2.05, 4.69) is 20.7 Å². The van der Waals surface area contributed by atoms with Crippen molar-refractivity contribution in [2.75, 3.05) is 6.61 Å². The molecule has 1 fully saturated rings. The first-order valence-electron chi connectivity index (χ1n) is 6.33. The Morgan fingerprint density at radius 1 is 1.47 bits per heavy atom. The largest absolute Gasteiger partial charge is 0.396 e. The second kappa shape index (κ2) is 5.91. The predicted octanol–water partition coefficient (Wildman–Crippen LogP) is 2.20. The molecule has 1 aromatic rings.